The molecular formula is C22H24ClN5O2S. The summed E-state index contributed by atoms with van der Waals surface area (Å²) in [6.45, 7) is 4.51. The number of nitrogens with one attached hydrogen (secondary N) is 2. The molecule has 2 aromatic carbocycles. The van der Waals surface area contributed by atoms with Gasteiger partial charge in [-0.1, -0.05) is 41.6 Å². The summed E-state index contributed by atoms with van der Waals surface area (Å²) < 4.78 is 1.95. The maximum absolute atomic E-state index is 12.5. The first-order valence-electron chi connectivity index (χ1n) is 9.95. The molecule has 0 saturated carbocycles. The lowest BCUT2D eigenvalue weighted by atomic mass is 10.2. The van der Waals surface area contributed by atoms with Gasteiger partial charge in [-0.25, -0.2) is 0 Å². The van der Waals surface area contributed by atoms with Gasteiger partial charge in [0.1, 0.15) is 0 Å². The fraction of sp³-hybridized carbons (Fsp3) is 0.273. The zero-order valence-corrected chi connectivity index (χ0v) is 18.9. The molecular weight excluding hydrogens is 434 g/mol. The summed E-state index contributed by atoms with van der Waals surface area (Å²) in [5, 5.41) is 15.6. The van der Waals surface area contributed by atoms with Crippen LogP contribution in [0.5, 0.6) is 0 Å². The minimum absolute atomic E-state index is 0.0508. The molecule has 3 rings (SSSR count). The molecule has 0 radical (unpaired) electrons. The minimum atomic E-state index is -0.327. The molecule has 1 aromatic heterocycles. The zero-order chi connectivity index (χ0) is 22.2. The Balaban J connectivity index is 1.56. The maximum atomic E-state index is 12.5. The van der Waals surface area contributed by atoms with Crippen molar-refractivity contribution >= 4 is 40.9 Å². The summed E-state index contributed by atoms with van der Waals surface area (Å²) in [7, 11) is 0. The van der Waals surface area contributed by atoms with E-state index in [1.54, 1.807) is 24.3 Å². The summed E-state index contributed by atoms with van der Waals surface area (Å²) in [4.78, 5) is 24.6. The van der Waals surface area contributed by atoms with Gasteiger partial charge in [0.05, 0.1) is 6.04 Å². The summed E-state index contributed by atoms with van der Waals surface area (Å²) >= 11 is 7.35. The van der Waals surface area contributed by atoms with Crippen LogP contribution in [0.15, 0.2) is 59.8 Å². The summed E-state index contributed by atoms with van der Waals surface area (Å²) in [6.07, 6.45) is 0.355. The number of anilines is 1. The third-order valence-corrected chi connectivity index (χ3v) is 5.74. The van der Waals surface area contributed by atoms with E-state index in [-0.39, 0.29) is 17.9 Å². The van der Waals surface area contributed by atoms with Crippen molar-refractivity contribution in [3.63, 3.8) is 0 Å². The van der Waals surface area contributed by atoms with Crippen LogP contribution in [-0.4, -0.2) is 32.3 Å². The van der Waals surface area contributed by atoms with Gasteiger partial charge in [-0.15, -0.1) is 10.2 Å². The highest BCUT2D eigenvalue weighted by Gasteiger charge is 2.19. The number of benzene rings is 2. The van der Waals surface area contributed by atoms with E-state index in [1.807, 2.05) is 48.7 Å². The van der Waals surface area contributed by atoms with Crippen LogP contribution in [0, 0.1) is 0 Å². The Morgan fingerprint density at radius 2 is 1.81 bits per heavy atom. The van der Waals surface area contributed by atoms with E-state index in [2.05, 4.69) is 20.8 Å². The molecule has 3 aromatic rings. The number of amides is 2. The van der Waals surface area contributed by atoms with E-state index >= 15 is 0 Å². The SMILES string of the molecule is CCn1c(SCCC(=O)Nc2ccccc2)nnc1[C@@H](C)NC(=O)c1ccc(Cl)cc1. The lowest BCUT2D eigenvalue weighted by Gasteiger charge is -2.15. The molecule has 1 heterocycles. The quantitative estimate of drug-likeness (QED) is 0.459. The molecule has 0 saturated heterocycles. The van der Waals surface area contributed by atoms with E-state index < -0.39 is 0 Å². The van der Waals surface area contributed by atoms with E-state index in [4.69, 9.17) is 11.6 Å². The van der Waals surface area contributed by atoms with Crippen molar-refractivity contribution in [3.8, 4) is 0 Å². The van der Waals surface area contributed by atoms with Crippen LogP contribution < -0.4 is 10.6 Å². The molecule has 0 unspecified atom stereocenters. The van der Waals surface area contributed by atoms with E-state index in [9.17, 15) is 9.59 Å². The number of nitrogens with zero attached hydrogens (tertiary/aromatic N) is 3. The molecule has 7 nitrogen and oxygen atoms in total. The van der Waals surface area contributed by atoms with Gasteiger partial charge in [0.15, 0.2) is 11.0 Å². The summed E-state index contributed by atoms with van der Waals surface area (Å²) in [6, 6.07) is 15.7. The number of thioether (sulfide) groups is 1. The fourth-order valence-corrected chi connectivity index (χ4v) is 4.02. The van der Waals surface area contributed by atoms with Gasteiger partial charge < -0.3 is 15.2 Å². The standard InChI is InChI=1S/C22H24ClN5O2S/c1-3-28-20(15(2)24-21(30)16-9-11-17(23)12-10-16)26-27-22(28)31-14-13-19(29)25-18-7-5-4-6-8-18/h4-12,15H,3,13-14H2,1-2H3,(H,24,30)(H,25,29)/t15-/m1/s1. The largest absolute Gasteiger partial charge is 0.342 e. The topological polar surface area (TPSA) is 88.9 Å². The number of rotatable bonds is 9. The molecule has 9 heteroatoms. The maximum Gasteiger partial charge on any atom is 0.251 e. The van der Waals surface area contributed by atoms with Crippen LogP contribution in [0.4, 0.5) is 5.69 Å². The smallest absolute Gasteiger partial charge is 0.251 e. The van der Waals surface area contributed by atoms with Crippen molar-refractivity contribution < 1.29 is 9.59 Å². The molecule has 0 fully saturated rings. The Kier molecular flexibility index (Phi) is 8.08. The predicted molar refractivity (Wildman–Crippen MR) is 123 cm³/mol. The summed E-state index contributed by atoms with van der Waals surface area (Å²) in [5.41, 5.74) is 1.31. The third kappa shape index (κ3) is 6.32. The van der Waals surface area contributed by atoms with Crippen LogP contribution in [0.3, 0.4) is 0 Å². The normalized spacial score (nSPS) is 11.7. The molecule has 1 atom stereocenters. The van der Waals surface area contributed by atoms with E-state index in [1.165, 1.54) is 11.8 Å². The number of halogens is 1. The molecule has 2 N–H and O–H groups in total. The van der Waals surface area contributed by atoms with Gasteiger partial charge in [-0.2, -0.15) is 0 Å². The van der Waals surface area contributed by atoms with Crippen LogP contribution in [0.1, 0.15) is 42.5 Å². The molecule has 2 amide bonds. The highest BCUT2D eigenvalue weighted by atomic mass is 35.5. The number of para-hydroxylation sites is 1. The monoisotopic (exact) mass is 457 g/mol. The lowest BCUT2D eigenvalue weighted by Crippen LogP contribution is -2.28. The van der Waals surface area contributed by atoms with Crippen LogP contribution in [0.2, 0.25) is 5.02 Å². The Bertz CT molecular complexity index is 1020. The Morgan fingerprint density at radius 3 is 2.48 bits per heavy atom. The van der Waals surface area contributed by atoms with Gasteiger partial charge in [0, 0.05) is 35.0 Å². The Labute approximate surface area is 190 Å². The van der Waals surface area contributed by atoms with Crippen molar-refractivity contribution in [1.29, 1.82) is 0 Å². The van der Waals surface area contributed by atoms with Crippen LogP contribution in [-0.2, 0) is 11.3 Å². The molecule has 31 heavy (non-hydrogen) atoms. The molecule has 0 aliphatic heterocycles. The fourth-order valence-electron chi connectivity index (χ4n) is 2.95. The van der Waals surface area contributed by atoms with Crippen molar-refractivity contribution in [3.05, 3.63) is 71.0 Å². The van der Waals surface area contributed by atoms with Gasteiger partial charge in [-0.05, 0) is 50.2 Å². The first-order valence-corrected chi connectivity index (χ1v) is 11.3. The number of hydrogen-bond donors (Lipinski definition) is 2. The molecule has 0 spiro atoms. The number of carbonyl (C=O) groups excluding carboxylic acids is 2. The predicted octanol–water partition coefficient (Wildman–Crippen LogP) is 4.56. The average molecular weight is 458 g/mol. The van der Waals surface area contributed by atoms with Crippen molar-refractivity contribution in [2.75, 3.05) is 11.1 Å². The van der Waals surface area contributed by atoms with Gasteiger partial charge in [0.2, 0.25) is 5.91 Å². The Hall–Kier alpha value is -2.84. The Morgan fingerprint density at radius 1 is 1.10 bits per heavy atom. The van der Waals surface area contributed by atoms with Gasteiger partial charge in [0.25, 0.3) is 5.91 Å². The van der Waals surface area contributed by atoms with Gasteiger partial charge >= 0.3 is 0 Å². The number of carbonyl (C=O) groups is 2. The zero-order valence-electron chi connectivity index (χ0n) is 17.3. The summed E-state index contributed by atoms with van der Waals surface area (Å²) in [5.74, 6) is 0.982. The van der Waals surface area contributed by atoms with Crippen molar-refractivity contribution in [1.82, 2.24) is 20.1 Å². The first kappa shape index (κ1) is 22.8. The van der Waals surface area contributed by atoms with Crippen molar-refractivity contribution in [2.45, 2.75) is 38.0 Å². The molecule has 162 valence electrons. The van der Waals surface area contributed by atoms with Gasteiger partial charge in [-0.3, -0.25) is 9.59 Å². The lowest BCUT2D eigenvalue weighted by molar-refractivity contribution is -0.115. The second-order valence-corrected chi connectivity index (χ2v) is 8.30. The van der Waals surface area contributed by atoms with Crippen LogP contribution >= 0.6 is 23.4 Å². The third-order valence-electron chi connectivity index (χ3n) is 4.52. The van der Waals surface area contributed by atoms with Crippen molar-refractivity contribution in [2.24, 2.45) is 0 Å². The number of hydrogen-bond acceptors (Lipinski definition) is 5. The van der Waals surface area contributed by atoms with E-state index in [0.717, 1.165) is 10.8 Å². The van der Waals surface area contributed by atoms with E-state index in [0.29, 0.717) is 35.1 Å². The molecule has 0 aliphatic rings. The minimum Gasteiger partial charge on any atom is -0.342 e. The molecule has 0 bridgehead atoms. The average Bonchev–Trinajstić information content (AvgIpc) is 3.18. The second kappa shape index (κ2) is 11.0. The first-order chi connectivity index (χ1) is 15.0. The second-order valence-electron chi connectivity index (χ2n) is 6.80. The number of aromatic nitrogens is 3. The highest BCUT2D eigenvalue weighted by molar-refractivity contribution is 7.99. The highest BCUT2D eigenvalue weighted by Crippen LogP contribution is 2.22. The van der Waals surface area contributed by atoms with Crippen LogP contribution in [0.25, 0.3) is 0 Å². The molecule has 0 aliphatic carbocycles.